The Morgan fingerprint density at radius 2 is 2.26 bits per heavy atom. The van der Waals surface area contributed by atoms with Crippen LogP contribution < -0.4 is 11.1 Å². The molecule has 0 aliphatic rings. The average Bonchev–Trinajstić information content (AvgIpc) is 2.35. The molecule has 0 saturated carbocycles. The normalized spacial score (nSPS) is 12.4. The Labute approximate surface area is 119 Å². The predicted molar refractivity (Wildman–Crippen MR) is 84.6 cm³/mol. The molecule has 0 bridgehead atoms. The summed E-state index contributed by atoms with van der Waals surface area (Å²) in [6.07, 6.45) is 3.18. The van der Waals surface area contributed by atoms with Crippen LogP contribution in [-0.2, 0) is 4.79 Å². The van der Waals surface area contributed by atoms with E-state index < -0.39 is 0 Å². The predicted octanol–water partition coefficient (Wildman–Crippen LogP) is 2.28. The van der Waals surface area contributed by atoms with E-state index in [0.717, 1.165) is 17.9 Å². The number of anilines is 2. The average molecular weight is 281 g/mol. The number of nitrogen functional groups attached to an aromatic ring is 1. The maximum atomic E-state index is 11.9. The number of hydrogen-bond donors (Lipinski definition) is 2. The van der Waals surface area contributed by atoms with Gasteiger partial charge in [-0.1, -0.05) is 6.07 Å². The van der Waals surface area contributed by atoms with Crippen LogP contribution in [0.1, 0.15) is 13.3 Å². The zero-order valence-electron chi connectivity index (χ0n) is 11.8. The smallest absolute Gasteiger partial charge is 0.238 e. The van der Waals surface area contributed by atoms with Crippen molar-refractivity contribution < 1.29 is 4.79 Å². The number of carbonyl (C=O) groups excluding carboxylic acids is 1. The molecule has 1 aromatic carbocycles. The van der Waals surface area contributed by atoms with Gasteiger partial charge < -0.3 is 11.1 Å². The van der Waals surface area contributed by atoms with Crippen molar-refractivity contribution >= 4 is 29.0 Å². The zero-order valence-corrected chi connectivity index (χ0v) is 12.7. The molecule has 1 aromatic rings. The lowest BCUT2D eigenvalue weighted by Gasteiger charge is -2.23. The lowest BCUT2D eigenvalue weighted by Crippen LogP contribution is -2.36. The monoisotopic (exact) mass is 281 g/mol. The van der Waals surface area contributed by atoms with Crippen molar-refractivity contribution in [1.82, 2.24) is 4.90 Å². The lowest BCUT2D eigenvalue weighted by atomic mass is 10.2. The highest BCUT2D eigenvalue weighted by atomic mass is 32.2. The highest BCUT2D eigenvalue weighted by Crippen LogP contribution is 2.12. The fourth-order valence-corrected chi connectivity index (χ4v) is 2.28. The molecule has 3 N–H and O–H groups in total. The second-order valence-corrected chi connectivity index (χ2v) is 5.70. The number of thioether (sulfide) groups is 1. The van der Waals surface area contributed by atoms with E-state index in [9.17, 15) is 4.79 Å². The molecular formula is C14H23N3OS. The summed E-state index contributed by atoms with van der Waals surface area (Å²) >= 11 is 1.83. The van der Waals surface area contributed by atoms with E-state index in [-0.39, 0.29) is 5.91 Å². The van der Waals surface area contributed by atoms with Crippen molar-refractivity contribution in [3.63, 3.8) is 0 Å². The van der Waals surface area contributed by atoms with Crippen LogP contribution in [0, 0.1) is 0 Å². The van der Waals surface area contributed by atoms with Crippen molar-refractivity contribution in [2.24, 2.45) is 0 Å². The molecule has 106 valence electrons. The first-order valence-corrected chi connectivity index (χ1v) is 7.77. The molecule has 0 aromatic heterocycles. The van der Waals surface area contributed by atoms with Crippen LogP contribution in [0.5, 0.6) is 0 Å². The molecule has 0 radical (unpaired) electrons. The first kappa shape index (κ1) is 15.9. The van der Waals surface area contributed by atoms with Crippen LogP contribution in [0.4, 0.5) is 11.4 Å². The van der Waals surface area contributed by atoms with Gasteiger partial charge in [-0.25, -0.2) is 0 Å². The maximum Gasteiger partial charge on any atom is 0.238 e. The Hall–Kier alpha value is -1.20. The third-order valence-electron chi connectivity index (χ3n) is 3.06. The summed E-state index contributed by atoms with van der Waals surface area (Å²) in [6, 6.07) is 7.63. The molecule has 1 rings (SSSR count). The van der Waals surface area contributed by atoms with Gasteiger partial charge in [0.15, 0.2) is 0 Å². The number of nitrogens with one attached hydrogen (secondary N) is 1. The lowest BCUT2D eigenvalue weighted by molar-refractivity contribution is -0.117. The van der Waals surface area contributed by atoms with Crippen LogP contribution in [0.2, 0.25) is 0 Å². The molecule has 0 saturated heterocycles. The minimum absolute atomic E-state index is 0.0101. The number of likely N-dealkylation sites (N-methyl/N-ethyl adjacent to an activating group) is 1. The van der Waals surface area contributed by atoms with Crippen LogP contribution in [0.25, 0.3) is 0 Å². The zero-order chi connectivity index (χ0) is 14.3. The summed E-state index contributed by atoms with van der Waals surface area (Å²) in [5.74, 6) is 1.10. The molecule has 1 amide bonds. The number of nitrogens with two attached hydrogens (primary N) is 1. The number of rotatable bonds is 7. The van der Waals surface area contributed by atoms with E-state index in [1.54, 1.807) is 12.1 Å². The SMILES string of the molecule is CSCCC(C)N(C)CC(=O)Nc1cccc(N)c1. The van der Waals surface area contributed by atoms with E-state index in [1.807, 2.05) is 30.9 Å². The number of amides is 1. The molecule has 0 fully saturated rings. The molecule has 0 aliphatic carbocycles. The van der Waals surface area contributed by atoms with Crippen LogP contribution in [-0.4, -0.2) is 42.4 Å². The summed E-state index contributed by atoms with van der Waals surface area (Å²) in [5, 5.41) is 2.86. The van der Waals surface area contributed by atoms with Gasteiger partial charge in [0.1, 0.15) is 0 Å². The molecule has 5 heteroatoms. The van der Waals surface area contributed by atoms with Crippen molar-refractivity contribution in [2.45, 2.75) is 19.4 Å². The van der Waals surface area contributed by atoms with Crippen LogP contribution in [0.3, 0.4) is 0 Å². The van der Waals surface area contributed by atoms with Gasteiger partial charge in [-0.15, -0.1) is 0 Å². The van der Waals surface area contributed by atoms with Gasteiger partial charge in [-0.3, -0.25) is 9.69 Å². The summed E-state index contributed by atoms with van der Waals surface area (Å²) in [4.78, 5) is 14.0. The second kappa shape index (κ2) is 8.07. The first-order valence-electron chi connectivity index (χ1n) is 6.37. The van der Waals surface area contributed by atoms with Gasteiger partial charge >= 0.3 is 0 Å². The topological polar surface area (TPSA) is 58.4 Å². The highest BCUT2D eigenvalue weighted by Gasteiger charge is 2.12. The minimum Gasteiger partial charge on any atom is -0.399 e. The Balaban J connectivity index is 2.42. The van der Waals surface area contributed by atoms with Gasteiger partial charge in [-0.2, -0.15) is 11.8 Å². The molecule has 4 nitrogen and oxygen atoms in total. The van der Waals surface area contributed by atoms with E-state index >= 15 is 0 Å². The van der Waals surface area contributed by atoms with E-state index in [4.69, 9.17) is 5.73 Å². The first-order chi connectivity index (χ1) is 9.02. The Bertz CT molecular complexity index is 411. The van der Waals surface area contributed by atoms with Gasteiger partial charge in [-0.05, 0) is 50.6 Å². The van der Waals surface area contributed by atoms with Crippen molar-refractivity contribution in [3.8, 4) is 0 Å². The van der Waals surface area contributed by atoms with E-state index in [0.29, 0.717) is 18.3 Å². The molecule has 1 atom stereocenters. The Morgan fingerprint density at radius 1 is 1.53 bits per heavy atom. The summed E-state index contributed by atoms with van der Waals surface area (Å²) in [5.41, 5.74) is 7.07. The number of benzene rings is 1. The third-order valence-corrected chi connectivity index (χ3v) is 3.70. The Morgan fingerprint density at radius 3 is 2.89 bits per heavy atom. The highest BCUT2D eigenvalue weighted by molar-refractivity contribution is 7.98. The fourth-order valence-electron chi connectivity index (χ4n) is 1.71. The molecule has 19 heavy (non-hydrogen) atoms. The maximum absolute atomic E-state index is 11.9. The van der Waals surface area contributed by atoms with E-state index in [2.05, 4.69) is 23.4 Å². The molecule has 0 aliphatic heterocycles. The van der Waals surface area contributed by atoms with Gasteiger partial charge in [0, 0.05) is 17.4 Å². The molecule has 0 spiro atoms. The number of hydrogen-bond acceptors (Lipinski definition) is 4. The molecular weight excluding hydrogens is 258 g/mol. The van der Waals surface area contributed by atoms with E-state index in [1.165, 1.54) is 0 Å². The quantitative estimate of drug-likeness (QED) is 0.753. The van der Waals surface area contributed by atoms with Crippen molar-refractivity contribution in [1.29, 1.82) is 0 Å². The van der Waals surface area contributed by atoms with Crippen LogP contribution >= 0.6 is 11.8 Å². The second-order valence-electron chi connectivity index (χ2n) is 4.72. The molecule has 0 heterocycles. The summed E-state index contributed by atoms with van der Waals surface area (Å²) in [7, 11) is 1.98. The fraction of sp³-hybridized carbons (Fsp3) is 0.500. The standard InChI is InChI=1S/C14H23N3OS/c1-11(7-8-19-3)17(2)10-14(18)16-13-6-4-5-12(15)9-13/h4-6,9,11H,7-8,10,15H2,1-3H3,(H,16,18). The van der Waals surface area contributed by atoms with Gasteiger partial charge in [0.05, 0.1) is 6.54 Å². The van der Waals surface area contributed by atoms with Gasteiger partial charge in [0.25, 0.3) is 0 Å². The largest absolute Gasteiger partial charge is 0.399 e. The van der Waals surface area contributed by atoms with Gasteiger partial charge in [0.2, 0.25) is 5.91 Å². The molecule has 1 unspecified atom stereocenters. The number of nitrogens with zero attached hydrogens (tertiary/aromatic N) is 1. The Kier molecular flexibility index (Phi) is 6.73. The third kappa shape index (κ3) is 5.98. The summed E-state index contributed by atoms with van der Waals surface area (Å²) < 4.78 is 0. The van der Waals surface area contributed by atoms with Crippen molar-refractivity contribution in [2.75, 3.05) is 36.7 Å². The van der Waals surface area contributed by atoms with Crippen LogP contribution in [0.15, 0.2) is 24.3 Å². The minimum atomic E-state index is -0.0101. The van der Waals surface area contributed by atoms with Crippen molar-refractivity contribution in [3.05, 3.63) is 24.3 Å². The number of carbonyl (C=O) groups is 1. The summed E-state index contributed by atoms with van der Waals surface area (Å²) in [6.45, 7) is 2.54.